The second kappa shape index (κ2) is 8.68. The Bertz CT molecular complexity index is 354. The van der Waals surface area contributed by atoms with Gasteiger partial charge in [0, 0.05) is 11.1 Å². The Morgan fingerprint density at radius 2 is 2.06 bits per heavy atom. The summed E-state index contributed by atoms with van der Waals surface area (Å²) in [7, 11) is 0. The summed E-state index contributed by atoms with van der Waals surface area (Å²) in [6.07, 6.45) is 2.20. The summed E-state index contributed by atoms with van der Waals surface area (Å²) < 4.78 is 6.86. The average molecular weight is 314 g/mol. The van der Waals surface area contributed by atoms with E-state index in [0.717, 1.165) is 37.1 Å². The van der Waals surface area contributed by atoms with Crippen molar-refractivity contribution in [2.75, 3.05) is 19.8 Å². The van der Waals surface area contributed by atoms with E-state index in [1.807, 2.05) is 0 Å². The molecule has 0 bridgehead atoms. The molecule has 1 atom stereocenters. The van der Waals surface area contributed by atoms with E-state index in [1.54, 1.807) is 0 Å². The maximum atomic E-state index is 5.71. The SMILES string of the molecule is CCCNC(COCCC)c1cc(C)ccc1Br. The van der Waals surface area contributed by atoms with Crippen molar-refractivity contribution in [2.24, 2.45) is 0 Å². The first kappa shape index (κ1) is 15.7. The minimum atomic E-state index is 0.269. The summed E-state index contributed by atoms with van der Waals surface area (Å²) >= 11 is 3.64. The van der Waals surface area contributed by atoms with Gasteiger partial charge in [-0.2, -0.15) is 0 Å². The number of hydrogen-bond acceptors (Lipinski definition) is 2. The van der Waals surface area contributed by atoms with Crippen LogP contribution in [0.25, 0.3) is 0 Å². The van der Waals surface area contributed by atoms with Crippen LogP contribution >= 0.6 is 15.9 Å². The van der Waals surface area contributed by atoms with Crippen molar-refractivity contribution < 1.29 is 4.74 Å². The third kappa shape index (κ3) is 5.09. The molecule has 0 aliphatic rings. The lowest BCUT2D eigenvalue weighted by Gasteiger charge is -2.21. The molecule has 0 saturated heterocycles. The number of nitrogens with one attached hydrogen (secondary N) is 1. The predicted octanol–water partition coefficient (Wildman–Crippen LogP) is 4.22. The number of ether oxygens (including phenoxy) is 1. The fourth-order valence-electron chi connectivity index (χ4n) is 1.85. The van der Waals surface area contributed by atoms with Crippen LogP contribution < -0.4 is 5.32 Å². The van der Waals surface area contributed by atoms with E-state index in [0.29, 0.717) is 0 Å². The Hall–Kier alpha value is -0.380. The van der Waals surface area contributed by atoms with Crippen LogP contribution in [0.3, 0.4) is 0 Å². The average Bonchev–Trinajstić information content (AvgIpc) is 2.37. The Balaban J connectivity index is 2.75. The zero-order valence-electron chi connectivity index (χ0n) is 11.6. The van der Waals surface area contributed by atoms with Crippen LogP contribution in [0.1, 0.15) is 43.9 Å². The largest absolute Gasteiger partial charge is 0.379 e. The highest BCUT2D eigenvalue weighted by atomic mass is 79.9. The molecule has 1 N–H and O–H groups in total. The normalized spacial score (nSPS) is 12.7. The zero-order chi connectivity index (χ0) is 13.4. The first-order valence-electron chi connectivity index (χ1n) is 6.76. The van der Waals surface area contributed by atoms with Crippen LogP contribution in [0.2, 0.25) is 0 Å². The molecule has 1 unspecified atom stereocenters. The number of benzene rings is 1. The molecule has 1 aromatic rings. The fraction of sp³-hybridized carbons (Fsp3) is 0.600. The van der Waals surface area contributed by atoms with E-state index in [4.69, 9.17) is 4.74 Å². The molecule has 2 nitrogen and oxygen atoms in total. The molecule has 0 amide bonds. The molecule has 1 aromatic carbocycles. The standard InChI is InChI=1S/C15H24BrNO/c1-4-8-17-15(11-18-9-5-2)13-10-12(3)6-7-14(13)16/h6-7,10,15,17H,4-5,8-9,11H2,1-3H3. The van der Waals surface area contributed by atoms with Gasteiger partial charge in [-0.15, -0.1) is 0 Å². The number of hydrogen-bond donors (Lipinski definition) is 1. The highest BCUT2D eigenvalue weighted by molar-refractivity contribution is 9.10. The Morgan fingerprint density at radius 3 is 2.72 bits per heavy atom. The maximum Gasteiger partial charge on any atom is 0.0661 e. The summed E-state index contributed by atoms with van der Waals surface area (Å²) in [4.78, 5) is 0. The monoisotopic (exact) mass is 313 g/mol. The topological polar surface area (TPSA) is 21.3 Å². The number of aryl methyl sites for hydroxylation is 1. The van der Waals surface area contributed by atoms with Crippen molar-refractivity contribution in [3.8, 4) is 0 Å². The van der Waals surface area contributed by atoms with Crippen molar-refractivity contribution in [3.05, 3.63) is 33.8 Å². The van der Waals surface area contributed by atoms with E-state index in [9.17, 15) is 0 Å². The van der Waals surface area contributed by atoms with Gasteiger partial charge >= 0.3 is 0 Å². The predicted molar refractivity (Wildman–Crippen MR) is 81.0 cm³/mol. The molecule has 0 radical (unpaired) electrons. The van der Waals surface area contributed by atoms with Gasteiger partial charge < -0.3 is 10.1 Å². The van der Waals surface area contributed by atoms with Gasteiger partial charge in [0.15, 0.2) is 0 Å². The second-order valence-electron chi connectivity index (χ2n) is 4.61. The summed E-state index contributed by atoms with van der Waals surface area (Å²) in [5.41, 5.74) is 2.58. The van der Waals surface area contributed by atoms with Crippen LogP contribution in [0.4, 0.5) is 0 Å². The zero-order valence-corrected chi connectivity index (χ0v) is 13.2. The van der Waals surface area contributed by atoms with E-state index in [-0.39, 0.29) is 6.04 Å². The molecular weight excluding hydrogens is 290 g/mol. The first-order valence-corrected chi connectivity index (χ1v) is 7.55. The van der Waals surface area contributed by atoms with Crippen LogP contribution in [-0.4, -0.2) is 19.8 Å². The van der Waals surface area contributed by atoms with Crippen molar-refractivity contribution in [3.63, 3.8) is 0 Å². The smallest absolute Gasteiger partial charge is 0.0661 e. The summed E-state index contributed by atoms with van der Waals surface area (Å²) in [6.45, 7) is 9.02. The van der Waals surface area contributed by atoms with E-state index < -0.39 is 0 Å². The maximum absolute atomic E-state index is 5.71. The van der Waals surface area contributed by atoms with Gasteiger partial charge in [0.1, 0.15) is 0 Å². The Kier molecular flexibility index (Phi) is 7.56. The molecule has 0 aliphatic carbocycles. The molecule has 0 aromatic heterocycles. The molecule has 0 fully saturated rings. The lowest BCUT2D eigenvalue weighted by molar-refractivity contribution is 0.112. The summed E-state index contributed by atoms with van der Waals surface area (Å²) in [5, 5.41) is 3.56. The van der Waals surface area contributed by atoms with Gasteiger partial charge in [-0.25, -0.2) is 0 Å². The molecule has 3 heteroatoms. The fourth-order valence-corrected chi connectivity index (χ4v) is 2.38. The molecule has 0 heterocycles. The molecule has 0 saturated carbocycles. The highest BCUT2D eigenvalue weighted by Gasteiger charge is 2.14. The Labute approximate surface area is 119 Å². The lowest BCUT2D eigenvalue weighted by atomic mass is 10.0. The van der Waals surface area contributed by atoms with Gasteiger partial charge in [0.25, 0.3) is 0 Å². The quantitative estimate of drug-likeness (QED) is 0.725. The van der Waals surface area contributed by atoms with Gasteiger partial charge in [-0.1, -0.05) is 47.5 Å². The van der Waals surface area contributed by atoms with Crippen LogP contribution in [0, 0.1) is 6.92 Å². The number of halogens is 1. The van der Waals surface area contributed by atoms with Crippen molar-refractivity contribution >= 4 is 15.9 Å². The third-order valence-electron chi connectivity index (χ3n) is 2.80. The van der Waals surface area contributed by atoms with Crippen molar-refractivity contribution in [1.29, 1.82) is 0 Å². The van der Waals surface area contributed by atoms with Gasteiger partial charge in [0.05, 0.1) is 12.6 Å². The van der Waals surface area contributed by atoms with E-state index in [1.165, 1.54) is 11.1 Å². The van der Waals surface area contributed by atoms with Crippen LogP contribution in [0.5, 0.6) is 0 Å². The molecular formula is C15H24BrNO. The van der Waals surface area contributed by atoms with Gasteiger partial charge in [-0.05, 0) is 37.9 Å². The van der Waals surface area contributed by atoms with Gasteiger partial charge in [0.2, 0.25) is 0 Å². The summed E-state index contributed by atoms with van der Waals surface area (Å²) in [6, 6.07) is 6.74. The molecule has 18 heavy (non-hydrogen) atoms. The molecule has 0 aliphatic heterocycles. The Morgan fingerprint density at radius 1 is 1.28 bits per heavy atom. The molecule has 102 valence electrons. The minimum Gasteiger partial charge on any atom is -0.379 e. The minimum absolute atomic E-state index is 0.269. The first-order chi connectivity index (χ1) is 8.69. The second-order valence-corrected chi connectivity index (χ2v) is 5.46. The van der Waals surface area contributed by atoms with Crippen LogP contribution in [0.15, 0.2) is 22.7 Å². The molecule has 0 spiro atoms. The number of rotatable bonds is 8. The summed E-state index contributed by atoms with van der Waals surface area (Å²) in [5.74, 6) is 0. The van der Waals surface area contributed by atoms with Crippen molar-refractivity contribution in [2.45, 2.75) is 39.7 Å². The van der Waals surface area contributed by atoms with Crippen molar-refractivity contribution in [1.82, 2.24) is 5.32 Å². The van der Waals surface area contributed by atoms with Gasteiger partial charge in [-0.3, -0.25) is 0 Å². The highest BCUT2D eigenvalue weighted by Crippen LogP contribution is 2.25. The van der Waals surface area contributed by atoms with E-state index in [2.05, 4.69) is 60.2 Å². The lowest BCUT2D eigenvalue weighted by Crippen LogP contribution is -2.27. The van der Waals surface area contributed by atoms with Crippen LogP contribution in [-0.2, 0) is 4.74 Å². The molecule has 1 rings (SSSR count). The third-order valence-corrected chi connectivity index (χ3v) is 3.52. The van der Waals surface area contributed by atoms with E-state index >= 15 is 0 Å².